The summed E-state index contributed by atoms with van der Waals surface area (Å²) in [5.41, 5.74) is 0. The summed E-state index contributed by atoms with van der Waals surface area (Å²) in [6.07, 6.45) is 0. The van der Waals surface area contributed by atoms with Crippen LogP contribution in [0.4, 0.5) is 0 Å². The molecule has 0 aliphatic rings. The first kappa shape index (κ1) is 22.5. The molecule has 0 N–H and O–H groups in total. The summed E-state index contributed by atoms with van der Waals surface area (Å²) in [4.78, 5) is 0. The Kier molecular flexibility index (Phi) is 99.1. The number of rotatable bonds is 0. The van der Waals surface area contributed by atoms with E-state index in [2.05, 4.69) is 0 Å². The van der Waals surface area contributed by atoms with Gasteiger partial charge in [0.2, 0.25) is 24.0 Å². The summed E-state index contributed by atoms with van der Waals surface area (Å²) in [5, 5.41) is 0. The average molecular weight is 287 g/mol. The van der Waals surface area contributed by atoms with E-state index in [9.17, 15) is 0 Å². The van der Waals surface area contributed by atoms with Crippen LogP contribution in [0, 0.1) is 22.7 Å². The molecule has 0 aromatic rings. The van der Waals surface area contributed by atoms with Crippen LogP contribution in [0.5, 0.6) is 0 Å². The zero-order valence-corrected chi connectivity index (χ0v) is 9.90. The summed E-state index contributed by atoms with van der Waals surface area (Å²) in [7, 11) is 0. The largest absolute Gasteiger partial charge is 1.00 e. The van der Waals surface area contributed by atoms with Gasteiger partial charge in [-0.2, -0.15) is 0 Å². The minimum Gasteiger partial charge on any atom is -0.544 e. The topological polar surface area (TPSA) is 92.2 Å². The van der Waals surface area contributed by atoms with Crippen molar-refractivity contribution in [3.63, 3.8) is 0 Å². The molecular weight excluding hydrogens is 285 g/mol. The first-order chi connectivity index (χ1) is 2.83. The Balaban J connectivity index is -0.0000000160. The molecule has 0 aliphatic heterocycles. The third-order valence-corrected chi connectivity index (χ3v) is 0. The molecule has 0 bridgehead atoms. The van der Waals surface area contributed by atoms with Crippen LogP contribution in [-0.4, -0.2) is 0 Å². The molecule has 48 valence electrons. The fourth-order valence-electron chi connectivity index (χ4n) is 0. The fourth-order valence-corrected chi connectivity index (χ4v) is 0. The van der Waals surface area contributed by atoms with Gasteiger partial charge in [0.25, 0.3) is 0 Å². The Hall–Kier alpha value is 2.15. The van der Waals surface area contributed by atoms with Gasteiger partial charge in [-0.15, -0.1) is 0 Å². The molecule has 8 heavy (non-hydrogen) atoms. The zero-order valence-electron chi connectivity index (χ0n) is 3.84. The van der Waals surface area contributed by atoms with Gasteiger partial charge in [0.05, 0.1) is 22.7 Å². The quantitative estimate of drug-likeness (QED) is 0.327. The Labute approximate surface area is 93.7 Å². The van der Waals surface area contributed by atoms with Crippen molar-refractivity contribution in [1.82, 2.24) is 0 Å². The van der Waals surface area contributed by atoms with Crippen molar-refractivity contribution < 1.29 is 94.8 Å². The van der Waals surface area contributed by atoms with Gasteiger partial charge >= 0.3 is 29.6 Å². The predicted octanol–water partition coefficient (Wildman–Crippen LogP) is -11.3. The van der Waals surface area contributed by atoms with E-state index in [1.54, 1.807) is 0 Å². The van der Waals surface area contributed by atoms with E-state index in [-0.39, 0.29) is 53.5 Å². The van der Waals surface area contributed by atoms with Gasteiger partial charge in [-0.05, 0) is 0 Å². The van der Waals surface area contributed by atoms with Crippen LogP contribution in [0.1, 0.15) is 0 Å². The van der Waals surface area contributed by atoms with Crippen molar-refractivity contribution in [2.24, 2.45) is 0 Å². The van der Waals surface area contributed by atoms with Crippen LogP contribution >= 0.6 is 0 Å². The van der Waals surface area contributed by atoms with E-state index in [0.717, 1.165) is 0 Å². The van der Waals surface area contributed by atoms with Gasteiger partial charge < -0.3 is 18.6 Å². The van der Waals surface area contributed by atoms with Gasteiger partial charge in [-0.25, -0.2) is 0 Å². The van der Waals surface area contributed by atoms with Gasteiger partial charge in [0, 0.05) is 0 Å². The summed E-state index contributed by atoms with van der Waals surface area (Å²) >= 11 is -0.833. The molecule has 0 saturated carbocycles. The number of hydrogen-bond donors (Lipinski definition) is 0. The minimum absolute atomic E-state index is 0. The smallest absolute Gasteiger partial charge is 0.544 e. The predicted molar refractivity (Wildman–Crippen MR) is 2.79 cm³/mol. The third kappa shape index (κ3) is 90.1. The second kappa shape index (κ2) is 35.3. The van der Waals surface area contributed by atoms with Crippen molar-refractivity contribution >= 4 is 0 Å². The third-order valence-electron chi connectivity index (χ3n) is 0. The van der Waals surface area contributed by atoms with Crippen LogP contribution in [0.25, 0.3) is 0 Å². The molecule has 4 nitrogen and oxygen atoms in total. The maximum atomic E-state index is 8.24. The second-order valence-electron chi connectivity index (χ2n) is 0.126. The van der Waals surface area contributed by atoms with Crippen LogP contribution in [-0.2, 0) is 0 Å². The van der Waals surface area contributed by atoms with Crippen molar-refractivity contribution in [2.75, 3.05) is 0 Å². The van der Waals surface area contributed by atoms with Crippen LogP contribution < -0.4 is 72.2 Å². The van der Waals surface area contributed by atoms with E-state index in [0.29, 0.717) is 0 Å². The first-order valence-corrected chi connectivity index (χ1v) is 1.85. The van der Waals surface area contributed by atoms with Gasteiger partial charge in [0.15, 0.2) is 0 Å². The maximum absolute atomic E-state index is 8.24. The Morgan fingerprint density at radius 3 is 0.750 bits per heavy atom. The van der Waals surface area contributed by atoms with Crippen molar-refractivity contribution in [2.45, 2.75) is 0 Å². The van der Waals surface area contributed by atoms with Crippen LogP contribution in [0.2, 0.25) is 0 Å². The molecule has 0 aromatic heterocycles. The normalized spacial score (nSPS) is 4.50. The Bertz CT molecular complexity index is 16.0. The minimum atomic E-state index is -0.417. The van der Waals surface area contributed by atoms with Gasteiger partial charge in [0.1, 0.15) is 0 Å². The SMILES string of the molecule is [IH2+].[Na+].[O-][Cl+][O-].[O-][Cl+][O-]. The summed E-state index contributed by atoms with van der Waals surface area (Å²) in [5.74, 6) is 0. The number of halogens is 3. The summed E-state index contributed by atoms with van der Waals surface area (Å²) in [6.45, 7) is 0. The van der Waals surface area contributed by atoms with Crippen molar-refractivity contribution in [3.8, 4) is 0 Å². The number of hydrogen-bond acceptors (Lipinski definition) is 4. The second-order valence-corrected chi connectivity index (χ2v) is 0.378. The molecule has 0 rings (SSSR count). The Morgan fingerprint density at radius 2 is 0.750 bits per heavy atom. The van der Waals surface area contributed by atoms with E-state index in [1.165, 1.54) is 0 Å². The van der Waals surface area contributed by atoms with Crippen LogP contribution in [0.15, 0.2) is 0 Å². The summed E-state index contributed by atoms with van der Waals surface area (Å²) in [6, 6.07) is 0. The molecule has 0 spiro atoms. The molecule has 0 radical (unpaired) electrons. The fraction of sp³-hybridized carbons (Fsp3) is 0. The molecule has 0 unspecified atom stereocenters. The average Bonchev–Trinajstić information content (AvgIpc) is 1.39. The molecule has 0 atom stereocenters. The molecule has 0 amide bonds. The van der Waals surface area contributed by atoms with Gasteiger partial charge in [-0.1, -0.05) is 0 Å². The molecule has 8 heteroatoms. The zero-order chi connectivity index (χ0) is 5.41. The Morgan fingerprint density at radius 1 is 0.750 bits per heavy atom. The first-order valence-electron chi connectivity index (χ1n) is 0.617. The molecule has 0 saturated heterocycles. The van der Waals surface area contributed by atoms with Crippen LogP contribution in [0.3, 0.4) is 0 Å². The van der Waals surface area contributed by atoms with Crippen molar-refractivity contribution in [3.05, 3.63) is 0 Å². The standard InChI is InChI=1S/2ClO2.H2I.Na/c2*2-1-3;;/h;;1H2;/q2*-1;2*+1. The monoisotopic (exact) mass is 286 g/mol. The van der Waals surface area contributed by atoms with E-state index in [1.807, 2.05) is 0 Å². The molecule has 0 aromatic carbocycles. The molecular formula is H2Cl2INaO4. The van der Waals surface area contributed by atoms with Crippen molar-refractivity contribution in [1.29, 1.82) is 0 Å². The molecule has 0 aliphatic carbocycles. The van der Waals surface area contributed by atoms with E-state index >= 15 is 0 Å². The maximum Gasteiger partial charge on any atom is 1.00 e. The van der Waals surface area contributed by atoms with Gasteiger partial charge in [-0.3, -0.25) is 0 Å². The summed E-state index contributed by atoms with van der Waals surface area (Å²) < 4.78 is 32.9. The van der Waals surface area contributed by atoms with E-state index < -0.39 is 22.7 Å². The molecule has 0 fully saturated rings. The van der Waals surface area contributed by atoms with E-state index in [4.69, 9.17) is 18.6 Å². The molecule has 0 heterocycles.